The Morgan fingerprint density at radius 1 is 1.00 bits per heavy atom. The highest BCUT2D eigenvalue weighted by atomic mass is 16.5. The Bertz CT molecular complexity index is 1000. The van der Waals surface area contributed by atoms with E-state index >= 15 is 0 Å². The molecule has 2 aromatic carbocycles. The summed E-state index contributed by atoms with van der Waals surface area (Å²) in [4.78, 5) is 12.6. The Morgan fingerprint density at radius 3 is 2.20 bits per heavy atom. The van der Waals surface area contributed by atoms with Gasteiger partial charge >= 0.3 is 0 Å². The first-order chi connectivity index (χ1) is 14.5. The molecule has 0 aliphatic heterocycles. The van der Waals surface area contributed by atoms with Gasteiger partial charge in [-0.05, 0) is 43.7 Å². The van der Waals surface area contributed by atoms with Crippen LogP contribution in [0, 0.1) is 13.8 Å². The van der Waals surface area contributed by atoms with Crippen LogP contribution in [0.25, 0.3) is 5.69 Å². The van der Waals surface area contributed by atoms with Gasteiger partial charge in [0.2, 0.25) is 11.7 Å². The van der Waals surface area contributed by atoms with Crippen molar-refractivity contribution in [3.63, 3.8) is 0 Å². The van der Waals surface area contributed by atoms with Crippen LogP contribution in [0.4, 0.5) is 0 Å². The van der Waals surface area contributed by atoms with Crippen molar-refractivity contribution in [2.45, 2.75) is 26.8 Å². The largest absolute Gasteiger partial charge is 0.493 e. The summed E-state index contributed by atoms with van der Waals surface area (Å²) in [7, 11) is 4.69. The third-order valence-electron chi connectivity index (χ3n) is 4.99. The Labute approximate surface area is 176 Å². The fourth-order valence-corrected chi connectivity index (χ4v) is 3.41. The number of aryl methyl sites for hydroxylation is 1. The summed E-state index contributed by atoms with van der Waals surface area (Å²) in [5.41, 5.74) is 4.57. The van der Waals surface area contributed by atoms with Crippen LogP contribution in [0.2, 0.25) is 0 Å². The number of methoxy groups -OCH3 is 3. The second-order valence-electron chi connectivity index (χ2n) is 6.88. The molecule has 3 rings (SSSR count). The number of amides is 1. The van der Waals surface area contributed by atoms with Crippen molar-refractivity contribution in [2.24, 2.45) is 0 Å². The van der Waals surface area contributed by atoms with Crippen molar-refractivity contribution in [2.75, 3.05) is 21.3 Å². The number of nitrogens with one attached hydrogen (secondary N) is 1. The molecule has 7 heteroatoms. The second kappa shape index (κ2) is 9.35. The number of para-hydroxylation sites is 1. The quantitative estimate of drug-likeness (QED) is 0.617. The minimum absolute atomic E-state index is 0.0810. The summed E-state index contributed by atoms with van der Waals surface area (Å²) in [5.74, 6) is 1.55. The zero-order valence-corrected chi connectivity index (χ0v) is 18.0. The summed E-state index contributed by atoms with van der Waals surface area (Å²) < 4.78 is 17.9. The molecule has 0 fully saturated rings. The number of nitrogens with zero attached hydrogens (tertiary/aromatic N) is 2. The van der Waals surface area contributed by atoms with E-state index < -0.39 is 0 Å². The van der Waals surface area contributed by atoms with E-state index in [4.69, 9.17) is 14.2 Å². The lowest BCUT2D eigenvalue weighted by Crippen LogP contribution is -2.25. The lowest BCUT2D eigenvalue weighted by Gasteiger charge is -2.14. The van der Waals surface area contributed by atoms with E-state index in [1.165, 1.54) is 0 Å². The van der Waals surface area contributed by atoms with Gasteiger partial charge in [-0.25, -0.2) is 4.68 Å². The zero-order chi connectivity index (χ0) is 21.7. The molecule has 1 N–H and O–H groups in total. The predicted octanol–water partition coefficient (Wildman–Crippen LogP) is 3.37. The smallest absolute Gasteiger partial charge is 0.224 e. The second-order valence-corrected chi connectivity index (χ2v) is 6.88. The number of hydrogen-bond acceptors (Lipinski definition) is 5. The van der Waals surface area contributed by atoms with Gasteiger partial charge in [0.05, 0.1) is 39.1 Å². The fraction of sp³-hybridized carbons (Fsp3) is 0.304. The highest BCUT2D eigenvalue weighted by Gasteiger charge is 2.17. The number of benzene rings is 2. The summed E-state index contributed by atoms with van der Waals surface area (Å²) in [5, 5.41) is 7.57. The van der Waals surface area contributed by atoms with Crippen LogP contribution < -0.4 is 19.5 Å². The topological polar surface area (TPSA) is 74.6 Å². The molecule has 158 valence electrons. The van der Waals surface area contributed by atoms with Gasteiger partial charge in [-0.3, -0.25) is 4.79 Å². The lowest BCUT2D eigenvalue weighted by molar-refractivity contribution is -0.120. The van der Waals surface area contributed by atoms with Crippen LogP contribution in [0.3, 0.4) is 0 Å². The van der Waals surface area contributed by atoms with Gasteiger partial charge in [-0.15, -0.1) is 0 Å². The van der Waals surface area contributed by atoms with Crippen molar-refractivity contribution < 1.29 is 19.0 Å². The third-order valence-corrected chi connectivity index (χ3v) is 4.99. The third kappa shape index (κ3) is 4.40. The molecule has 0 atom stereocenters. The molecule has 0 unspecified atom stereocenters. The Morgan fingerprint density at radius 2 is 1.63 bits per heavy atom. The van der Waals surface area contributed by atoms with Gasteiger partial charge < -0.3 is 19.5 Å². The first-order valence-electron chi connectivity index (χ1n) is 9.64. The average Bonchev–Trinajstić information content (AvgIpc) is 3.05. The summed E-state index contributed by atoms with van der Waals surface area (Å²) in [6.07, 6.45) is 0.259. The number of rotatable bonds is 8. The zero-order valence-electron chi connectivity index (χ0n) is 18.0. The van der Waals surface area contributed by atoms with Crippen LogP contribution in [0.5, 0.6) is 17.2 Å². The van der Waals surface area contributed by atoms with Crippen molar-refractivity contribution >= 4 is 5.91 Å². The number of carbonyl (C=O) groups excluding carboxylic acids is 1. The normalized spacial score (nSPS) is 10.6. The molecule has 1 amide bonds. The number of hydrogen-bond donors (Lipinski definition) is 1. The SMILES string of the molecule is COc1cc(CNC(=O)Cc2c(C)nn(-c3ccccc3)c2C)cc(OC)c1OC. The first-order valence-corrected chi connectivity index (χ1v) is 9.64. The molecule has 7 nitrogen and oxygen atoms in total. The highest BCUT2D eigenvalue weighted by Crippen LogP contribution is 2.38. The maximum atomic E-state index is 12.6. The van der Waals surface area contributed by atoms with E-state index in [2.05, 4.69) is 10.4 Å². The van der Waals surface area contributed by atoms with E-state index in [0.717, 1.165) is 28.2 Å². The molecule has 0 saturated heterocycles. The molecule has 0 bridgehead atoms. The predicted molar refractivity (Wildman–Crippen MR) is 115 cm³/mol. The van der Waals surface area contributed by atoms with Crippen LogP contribution in [0.15, 0.2) is 42.5 Å². The monoisotopic (exact) mass is 409 g/mol. The van der Waals surface area contributed by atoms with Crippen LogP contribution in [0.1, 0.15) is 22.5 Å². The first kappa shape index (κ1) is 21.2. The molecule has 1 aromatic heterocycles. The van der Waals surface area contributed by atoms with E-state index in [1.54, 1.807) is 21.3 Å². The average molecular weight is 409 g/mol. The standard InChI is InChI=1S/C23H27N3O4/c1-15-19(16(2)26(25-15)18-9-7-6-8-10-18)13-22(27)24-14-17-11-20(28-3)23(30-5)21(12-17)29-4/h6-12H,13-14H2,1-5H3,(H,24,27). The summed E-state index contributed by atoms with van der Waals surface area (Å²) in [6, 6.07) is 13.5. The van der Waals surface area contributed by atoms with Crippen molar-refractivity contribution in [1.82, 2.24) is 15.1 Å². The Hall–Kier alpha value is -3.48. The minimum Gasteiger partial charge on any atom is -0.493 e. The molecule has 1 heterocycles. The van der Waals surface area contributed by atoms with E-state index in [1.807, 2.05) is 61.0 Å². The molecule has 0 radical (unpaired) electrons. The molecule has 0 spiro atoms. The summed E-state index contributed by atoms with van der Waals surface area (Å²) in [6.45, 7) is 4.25. The van der Waals surface area contributed by atoms with Crippen LogP contribution in [-0.2, 0) is 17.8 Å². The Kier molecular flexibility index (Phi) is 6.61. The molecule has 30 heavy (non-hydrogen) atoms. The molecule has 3 aromatic rings. The van der Waals surface area contributed by atoms with Crippen LogP contribution in [-0.4, -0.2) is 37.0 Å². The van der Waals surface area contributed by atoms with Gasteiger partial charge in [-0.2, -0.15) is 5.10 Å². The molecule has 0 aliphatic carbocycles. The molecular formula is C23H27N3O4. The summed E-state index contributed by atoms with van der Waals surface area (Å²) >= 11 is 0. The van der Waals surface area contributed by atoms with E-state index in [-0.39, 0.29) is 12.3 Å². The maximum Gasteiger partial charge on any atom is 0.224 e. The fourth-order valence-electron chi connectivity index (χ4n) is 3.41. The number of ether oxygens (including phenoxy) is 3. The van der Waals surface area contributed by atoms with E-state index in [0.29, 0.717) is 23.8 Å². The van der Waals surface area contributed by atoms with Crippen molar-refractivity contribution in [1.29, 1.82) is 0 Å². The van der Waals surface area contributed by atoms with Gasteiger partial charge in [0, 0.05) is 17.8 Å². The van der Waals surface area contributed by atoms with Crippen LogP contribution >= 0.6 is 0 Å². The maximum absolute atomic E-state index is 12.6. The van der Waals surface area contributed by atoms with Crippen molar-refractivity contribution in [3.05, 3.63) is 65.0 Å². The highest BCUT2D eigenvalue weighted by molar-refractivity contribution is 5.79. The van der Waals surface area contributed by atoms with Gasteiger partial charge in [-0.1, -0.05) is 18.2 Å². The minimum atomic E-state index is -0.0810. The molecule has 0 saturated carbocycles. The molecule has 0 aliphatic rings. The molecular weight excluding hydrogens is 382 g/mol. The van der Waals surface area contributed by atoms with Gasteiger partial charge in [0.1, 0.15) is 0 Å². The lowest BCUT2D eigenvalue weighted by atomic mass is 10.1. The van der Waals surface area contributed by atoms with E-state index in [9.17, 15) is 4.79 Å². The number of carbonyl (C=O) groups is 1. The van der Waals surface area contributed by atoms with Crippen molar-refractivity contribution in [3.8, 4) is 22.9 Å². The van der Waals surface area contributed by atoms with Gasteiger partial charge in [0.25, 0.3) is 0 Å². The number of aromatic nitrogens is 2. The Balaban J connectivity index is 1.72. The van der Waals surface area contributed by atoms with Gasteiger partial charge in [0.15, 0.2) is 11.5 Å².